The van der Waals surface area contributed by atoms with Gasteiger partial charge in [-0.25, -0.2) is 10.5 Å². The summed E-state index contributed by atoms with van der Waals surface area (Å²) < 4.78 is 2.15. The Bertz CT molecular complexity index is 844. The molecule has 0 spiro atoms. The van der Waals surface area contributed by atoms with Gasteiger partial charge >= 0.3 is 0 Å². The van der Waals surface area contributed by atoms with Crippen LogP contribution >= 0.6 is 0 Å². The molecule has 1 aromatic carbocycles. The zero-order valence-corrected chi connectivity index (χ0v) is 17.4. The molecule has 1 aliphatic rings. The van der Waals surface area contributed by atoms with Gasteiger partial charge in [-0.1, -0.05) is 19.9 Å². The number of imidazole rings is 1. The summed E-state index contributed by atoms with van der Waals surface area (Å²) in [5.41, 5.74) is 11.6. The molecule has 2 N–H and O–H groups in total. The fraction of sp³-hybridized carbons (Fsp3) is 0.524. The second-order valence-corrected chi connectivity index (χ2v) is 8.03. The maximum Gasteiger partial charge on any atom is 0.175 e. The maximum atomic E-state index is 8.06. The van der Waals surface area contributed by atoms with Crippen molar-refractivity contribution < 1.29 is 0 Å². The molecule has 0 atom stereocenters. The van der Waals surface area contributed by atoms with Crippen molar-refractivity contribution >= 4 is 11.5 Å². The molecular formula is C21H31N7. The van der Waals surface area contributed by atoms with Gasteiger partial charge in [-0.15, -0.1) is 5.11 Å². The van der Waals surface area contributed by atoms with Crippen molar-refractivity contribution in [2.24, 2.45) is 18.1 Å². The average Bonchev–Trinajstić information content (AvgIpc) is 2.99. The Hall–Kier alpha value is -2.54. The summed E-state index contributed by atoms with van der Waals surface area (Å²) in [5.74, 6) is 1.65. The van der Waals surface area contributed by atoms with Gasteiger partial charge in [-0.3, -0.25) is 10.3 Å². The number of anilines is 1. The lowest BCUT2D eigenvalue weighted by molar-refractivity contribution is 0.244. The molecule has 0 unspecified atom stereocenters. The molecule has 7 nitrogen and oxygen atoms in total. The monoisotopic (exact) mass is 381 g/mol. The van der Waals surface area contributed by atoms with Crippen LogP contribution in [0.1, 0.15) is 36.5 Å². The third kappa shape index (κ3) is 4.47. The molecule has 2 aromatic rings. The highest BCUT2D eigenvalue weighted by Crippen LogP contribution is 2.26. The maximum absolute atomic E-state index is 8.06. The second-order valence-electron chi connectivity index (χ2n) is 8.03. The van der Waals surface area contributed by atoms with Crippen LogP contribution in [0.4, 0.5) is 5.69 Å². The number of amidine groups is 1. The van der Waals surface area contributed by atoms with Crippen LogP contribution in [-0.4, -0.2) is 46.5 Å². The molecule has 2 heterocycles. The van der Waals surface area contributed by atoms with E-state index in [0.29, 0.717) is 5.92 Å². The van der Waals surface area contributed by atoms with E-state index in [1.54, 1.807) is 0 Å². The van der Waals surface area contributed by atoms with E-state index in [1.165, 1.54) is 11.3 Å². The summed E-state index contributed by atoms with van der Waals surface area (Å²) in [6, 6.07) is 6.22. The van der Waals surface area contributed by atoms with Crippen molar-refractivity contribution in [1.29, 1.82) is 10.9 Å². The number of aryl methyl sites for hydroxylation is 1. The largest absolute Gasteiger partial charge is 0.368 e. The van der Waals surface area contributed by atoms with E-state index in [0.717, 1.165) is 56.2 Å². The number of hydrogen-bond donors (Lipinski definition) is 2. The standard InChI is InChI=1S/C21H31N7/c1-15(2)11-17-5-6-19(21(22)25-23)20(12-17)28-9-7-27(8-10-28)14-18-13-24-16(3)26(18)4/h5-6,12-13,15,22-23H,7-11,14H2,1-4H3. The summed E-state index contributed by atoms with van der Waals surface area (Å²) in [7, 11) is 2.07. The van der Waals surface area contributed by atoms with Crippen LogP contribution in [0, 0.1) is 23.8 Å². The van der Waals surface area contributed by atoms with Gasteiger partial charge < -0.3 is 9.47 Å². The first-order chi connectivity index (χ1) is 13.4. The molecule has 0 bridgehead atoms. The average molecular weight is 382 g/mol. The predicted molar refractivity (Wildman–Crippen MR) is 112 cm³/mol. The normalized spacial score (nSPS) is 15.2. The first kappa shape index (κ1) is 20.2. The van der Waals surface area contributed by atoms with Crippen molar-refractivity contribution in [3.63, 3.8) is 0 Å². The van der Waals surface area contributed by atoms with Crippen LogP contribution in [0.3, 0.4) is 0 Å². The minimum absolute atomic E-state index is 0.0267. The number of aromatic nitrogens is 2. The number of piperazine rings is 1. The Balaban J connectivity index is 1.73. The summed E-state index contributed by atoms with van der Waals surface area (Å²) >= 11 is 0. The SMILES string of the molecule is Cc1ncc(CN2CCN(c3cc(CC(C)C)ccc3C(=N)N=N)CC2)n1C. The first-order valence-corrected chi connectivity index (χ1v) is 9.92. The Morgan fingerprint density at radius 2 is 1.93 bits per heavy atom. The molecule has 28 heavy (non-hydrogen) atoms. The van der Waals surface area contributed by atoms with Gasteiger partial charge in [0.15, 0.2) is 5.84 Å². The van der Waals surface area contributed by atoms with Crippen LogP contribution in [0.25, 0.3) is 0 Å². The molecule has 3 rings (SSSR count). The van der Waals surface area contributed by atoms with Crippen molar-refractivity contribution in [3.8, 4) is 0 Å². The van der Waals surface area contributed by atoms with Gasteiger partial charge in [0.2, 0.25) is 0 Å². The van der Waals surface area contributed by atoms with Crippen LogP contribution in [-0.2, 0) is 20.0 Å². The third-order valence-corrected chi connectivity index (χ3v) is 5.49. The Labute approximate surface area is 167 Å². The fourth-order valence-corrected chi connectivity index (χ4v) is 3.77. The number of nitrogens with one attached hydrogen (secondary N) is 2. The van der Waals surface area contributed by atoms with E-state index in [-0.39, 0.29) is 5.84 Å². The molecule has 150 valence electrons. The number of rotatable bonds is 6. The highest BCUT2D eigenvalue weighted by atomic mass is 15.3. The molecule has 0 saturated carbocycles. The highest BCUT2D eigenvalue weighted by Gasteiger charge is 2.22. The van der Waals surface area contributed by atoms with Crippen LogP contribution in [0.5, 0.6) is 0 Å². The molecule has 1 aliphatic heterocycles. The Morgan fingerprint density at radius 1 is 1.21 bits per heavy atom. The van der Waals surface area contributed by atoms with E-state index in [9.17, 15) is 0 Å². The van der Waals surface area contributed by atoms with E-state index >= 15 is 0 Å². The van der Waals surface area contributed by atoms with Crippen molar-refractivity contribution in [2.75, 3.05) is 31.1 Å². The lowest BCUT2D eigenvalue weighted by Crippen LogP contribution is -2.46. The summed E-state index contributed by atoms with van der Waals surface area (Å²) in [6.45, 7) is 11.1. The molecular weight excluding hydrogens is 350 g/mol. The lowest BCUT2D eigenvalue weighted by atomic mass is 9.99. The van der Waals surface area contributed by atoms with Gasteiger partial charge in [-0.05, 0) is 37.0 Å². The molecule has 0 amide bonds. The predicted octanol–water partition coefficient (Wildman–Crippen LogP) is 3.61. The van der Waals surface area contributed by atoms with Gasteiger partial charge in [-0.2, -0.15) is 0 Å². The van der Waals surface area contributed by atoms with Crippen molar-refractivity contribution in [3.05, 3.63) is 47.0 Å². The van der Waals surface area contributed by atoms with Gasteiger partial charge in [0.1, 0.15) is 5.82 Å². The van der Waals surface area contributed by atoms with Gasteiger partial charge in [0.25, 0.3) is 0 Å². The number of nitrogens with zero attached hydrogens (tertiary/aromatic N) is 5. The minimum Gasteiger partial charge on any atom is -0.368 e. The fourth-order valence-electron chi connectivity index (χ4n) is 3.77. The van der Waals surface area contributed by atoms with E-state index < -0.39 is 0 Å². The summed E-state index contributed by atoms with van der Waals surface area (Å²) in [5, 5.41) is 11.4. The Kier molecular flexibility index (Phi) is 6.24. The van der Waals surface area contributed by atoms with E-state index in [4.69, 9.17) is 10.9 Å². The molecule has 1 fully saturated rings. The Morgan fingerprint density at radius 3 is 2.50 bits per heavy atom. The van der Waals surface area contributed by atoms with Crippen LogP contribution < -0.4 is 4.90 Å². The zero-order valence-electron chi connectivity index (χ0n) is 17.4. The minimum atomic E-state index is 0.0267. The highest BCUT2D eigenvalue weighted by molar-refractivity contribution is 6.01. The molecule has 1 aromatic heterocycles. The van der Waals surface area contributed by atoms with Crippen molar-refractivity contribution in [1.82, 2.24) is 14.5 Å². The van der Waals surface area contributed by atoms with Crippen molar-refractivity contribution in [2.45, 2.75) is 33.7 Å². The molecule has 7 heteroatoms. The van der Waals surface area contributed by atoms with Gasteiger partial charge in [0, 0.05) is 57.2 Å². The smallest absolute Gasteiger partial charge is 0.175 e. The van der Waals surface area contributed by atoms with Crippen LogP contribution in [0.15, 0.2) is 29.5 Å². The number of benzene rings is 1. The quantitative estimate of drug-likeness (QED) is 0.455. The summed E-state index contributed by atoms with van der Waals surface area (Å²) in [6.07, 6.45) is 2.98. The summed E-state index contributed by atoms with van der Waals surface area (Å²) in [4.78, 5) is 9.18. The van der Waals surface area contributed by atoms with Crippen LogP contribution in [0.2, 0.25) is 0 Å². The molecule has 0 aliphatic carbocycles. The van der Waals surface area contributed by atoms with E-state index in [2.05, 4.69) is 57.5 Å². The second kappa shape index (κ2) is 8.65. The topological polar surface area (TPSA) is 84.4 Å². The molecule has 0 radical (unpaired) electrons. The number of hydrogen-bond acceptors (Lipinski definition) is 5. The molecule has 1 saturated heterocycles. The first-order valence-electron chi connectivity index (χ1n) is 9.92. The zero-order chi connectivity index (χ0) is 20.3. The lowest BCUT2D eigenvalue weighted by Gasteiger charge is -2.37. The van der Waals surface area contributed by atoms with E-state index in [1.807, 2.05) is 19.2 Å². The van der Waals surface area contributed by atoms with Gasteiger partial charge in [0.05, 0.1) is 5.69 Å². The third-order valence-electron chi connectivity index (χ3n) is 5.49.